The normalized spacial score (nSPS) is 13.9. The van der Waals surface area contributed by atoms with Gasteiger partial charge in [-0.25, -0.2) is 0 Å². The zero-order chi connectivity index (χ0) is 18.2. The molecule has 1 heterocycles. The van der Waals surface area contributed by atoms with E-state index in [-0.39, 0.29) is 24.8 Å². The minimum atomic E-state index is 0. The minimum absolute atomic E-state index is 0. The first-order valence-electron chi connectivity index (χ1n) is 9.20. The van der Waals surface area contributed by atoms with Gasteiger partial charge < -0.3 is 44.9 Å². The number of ether oxygens (including phenoxy) is 2. The maximum Gasteiger partial charge on any atom is 0.161 e. The van der Waals surface area contributed by atoms with Crippen molar-refractivity contribution >= 4 is 11.6 Å². The summed E-state index contributed by atoms with van der Waals surface area (Å²) in [5, 5.41) is 7.70. The summed E-state index contributed by atoms with van der Waals surface area (Å²) in [5.41, 5.74) is 2.28. The fourth-order valence-electron chi connectivity index (χ4n) is 3.19. The van der Waals surface area contributed by atoms with Crippen molar-refractivity contribution in [3.8, 4) is 11.5 Å². The van der Waals surface area contributed by atoms with Crippen molar-refractivity contribution in [2.75, 3.05) is 26.7 Å². The highest BCUT2D eigenvalue weighted by atomic mass is 35.5. The Morgan fingerprint density at radius 1 is 1.00 bits per heavy atom. The molecular weight excluding hydrogens is 419 g/mol. The summed E-state index contributed by atoms with van der Waals surface area (Å²) in [7, 11) is 1.68. The van der Waals surface area contributed by atoms with Gasteiger partial charge in [-0.2, -0.15) is 0 Å². The molecule has 2 aromatic carbocycles. The molecule has 0 saturated carbocycles. The molecule has 0 radical (unpaired) electrons. The van der Waals surface area contributed by atoms with Crippen LogP contribution in [-0.2, 0) is 13.2 Å². The maximum absolute atomic E-state index is 5.92. The molecule has 0 unspecified atom stereocenters. The Bertz CT molecular complexity index is 693. The van der Waals surface area contributed by atoms with E-state index in [0.29, 0.717) is 6.61 Å². The predicted molar refractivity (Wildman–Crippen MR) is 106 cm³/mol. The van der Waals surface area contributed by atoms with Gasteiger partial charge in [0.25, 0.3) is 0 Å². The zero-order valence-corrected chi connectivity index (χ0v) is 18.3. The number of nitrogens with one attached hydrogen (secondary N) is 2. The molecule has 3 rings (SSSR count). The molecule has 0 amide bonds. The number of benzene rings is 2. The van der Waals surface area contributed by atoms with Crippen LogP contribution < -0.4 is 44.9 Å². The summed E-state index contributed by atoms with van der Waals surface area (Å²) in [6.45, 7) is 4.68. The van der Waals surface area contributed by atoms with E-state index in [1.165, 1.54) is 18.4 Å². The highest BCUT2D eigenvalue weighted by molar-refractivity contribution is 6.30. The van der Waals surface area contributed by atoms with Crippen molar-refractivity contribution < 1.29 is 34.3 Å². The van der Waals surface area contributed by atoms with Crippen molar-refractivity contribution in [1.29, 1.82) is 0 Å². The molecule has 1 aliphatic rings. The fraction of sp³-hybridized carbons (Fsp3) is 0.429. The minimum Gasteiger partial charge on any atom is -1.00 e. The van der Waals surface area contributed by atoms with Gasteiger partial charge in [-0.3, -0.25) is 0 Å². The average molecular weight is 446 g/mol. The predicted octanol–water partition coefficient (Wildman–Crippen LogP) is -1.98. The first kappa shape index (κ1) is 24.9. The molecule has 1 aliphatic heterocycles. The number of hydrogen-bond donors (Lipinski definition) is 2. The Balaban J connectivity index is 0.00000196. The van der Waals surface area contributed by atoms with Crippen LogP contribution >= 0.6 is 11.6 Å². The first-order valence-corrected chi connectivity index (χ1v) is 9.58. The molecule has 1 fully saturated rings. The second-order valence-electron chi connectivity index (χ2n) is 6.72. The summed E-state index contributed by atoms with van der Waals surface area (Å²) in [4.78, 5) is 0. The van der Waals surface area contributed by atoms with Gasteiger partial charge in [0.2, 0.25) is 0 Å². The van der Waals surface area contributed by atoms with E-state index in [9.17, 15) is 0 Å². The highest BCUT2D eigenvalue weighted by Crippen LogP contribution is 2.29. The van der Waals surface area contributed by atoms with E-state index < -0.39 is 0 Å². The Morgan fingerprint density at radius 2 is 1.68 bits per heavy atom. The van der Waals surface area contributed by atoms with Crippen molar-refractivity contribution in [3.63, 3.8) is 0 Å². The number of hydrogen-bond acceptors (Lipinski definition) is 4. The summed E-state index contributed by atoms with van der Waals surface area (Å²) in [6.07, 6.45) is 2.52. The number of halogens is 3. The van der Waals surface area contributed by atoms with Gasteiger partial charge in [0, 0.05) is 11.6 Å². The van der Waals surface area contributed by atoms with Crippen molar-refractivity contribution in [2.24, 2.45) is 5.92 Å². The van der Waals surface area contributed by atoms with Crippen LogP contribution in [0.15, 0.2) is 42.5 Å². The molecule has 4 nitrogen and oxygen atoms in total. The lowest BCUT2D eigenvalue weighted by molar-refractivity contribution is -0.00100. The lowest BCUT2D eigenvalue weighted by Crippen LogP contribution is -3.00. The van der Waals surface area contributed by atoms with Gasteiger partial charge in [0.1, 0.15) is 6.61 Å². The van der Waals surface area contributed by atoms with E-state index >= 15 is 0 Å². The van der Waals surface area contributed by atoms with Gasteiger partial charge in [-0.15, -0.1) is 0 Å². The maximum atomic E-state index is 5.92. The largest absolute Gasteiger partial charge is 1.00 e. The molecule has 0 aliphatic carbocycles. The molecule has 28 heavy (non-hydrogen) atoms. The van der Waals surface area contributed by atoms with Crippen molar-refractivity contribution in [3.05, 3.63) is 58.6 Å². The second-order valence-corrected chi connectivity index (χ2v) is 7.16. The Morgan fingerprint density at radius 3 is 2.36 bits per heavy atom. The standard InChI is InChI=1S/C21H27ClN2O2.2ClH/c1-25-21-12-18(14-24-13-16-8-10-23-11-9-16)4-7-20(21)26-15-17-2-5-19(22)6-3-17;;/h2-7,12,16,23-24H,8-11,13-15H2,1H3;2*1H/p-2. The van der Waals surface area contributed by atoms with Gasteiger partial charge in [-0.05, 0) is 73.8 Å². The highest BCUT2D eigenvalue weighted by Gasteiger charge is 2.12. The van der Waals surface area contributed by atoms with E-state index in [1.54, 1.807) is 7.11 Å². The lowest BCUT2D eigenvalue weighted by Gasteiger charge is -2.23. The van der Waals surface area contributed by atoms with Crippen molar-refractivity contribution in [2.45, 2.75) is 26.0 Å². The van der Waals surface area contributed by atoms with E-state index in [0.717, 1.165) is 54.2 Å². The molecule has 7 heteroatoms. The van der Waals surface area contributed by atoms with Crippen LogP contribution in [0.4, 0.5) is 0 Å². The number of piperidine rings is 1. The topological polar surface area (TPSA) is 42.5 Å². The van der Waals surface area contributed by atoms with Gasteiger partial charge in [-0.1, -0.05) is 29.8 Å². The first-order chi connectivity index (χ1) is 12.7. The molecule has 0 spiro atoms. The Labute approximate surface area is 185 Å². The smallest absolute Gasteiger partial charge is 0.161 e. The van der Waals surface area contributed by atoms with Crippen molar-refractivity contribution in [1.82, 2.24) is 10.6 Å². The number of methoxy groups -OCH3 is 1. The van der Waals surface area contributed by atoms with Crippen LogP contribution in [0.25, 0.3) is 0 Å². The average Bonchev–Trinajstić information content (AvgIpc) is 2.69. The SMILES string of the molecule is COc1cc(CNCC2CCNCC2)ccc1OCc1ccc(Cl)cc1.[Cl-].[Cl-]. The monoisotopic (exact) mass is 444 g/mol. The van der Waals surface area contributed by atoms with E-state index in [4.69, 9.17) is 21.1 Å². The molecule has 0 atom stereocenters. The molecule has 0 bridgehead atoms. The second kappa shape index (κ2) is 13.1. The Hall–Kier alpha value is -1.17. The molecule has 1 saturated heterocycles. The molecule has 2 aromatic rings. The molecule has 0 aromatic heterocycles. The molecule has 156 valence electrons. The fourth-order valence-corrected chi connectivity index (χ4v) is 3.32. The molecular formula is C21H27Cl3N2O2-2. The lowest BCUT2D eigenvalue weighted by atomic mass is 9.98. The van der Waals surface area contributed by atoms with Gasteiger partial charge >= 0.3 is 0 Å². The third kappa shape index (κ3) is 7.69. The summed E-state index contributed by atoms with van der Waals surface area (Å²) < 4.78 is 11.4. The van der Waals surface area contributed by atoms with Crippen LogP contribution in [0.5, 0.6) is 11.5 Å². The summed E-state index contributed by atoms with van der Waals surface area (Å²) >= 11 is 5.92. The quantitative estimate of drug-likeness (QED) is 0.495. The van der Waals surface area contributed by atoms with E-state index in [1.807, 2.05) is 36.4 Å². The van der Waals surface area contributed by atoms with Crippen LogP contribution in [0.2, 0.25) is 5.02 Å². The third-order valence-corrected chi connectivity index (χ3v) is 5.01. The van der Waals surface area contributed by atoms with Gasteiger partial charge in [0.05, 0.1) is 7.11 Å². The van der Waals surface area contributed by atoms with Gasteiger partial charge in [0.15, 0.2) is 11.5 Å². The van der Waals surface area contributed by atoms with Crippen LogP contribution in [-0.4, -0.2) is 26.7 Å². The summed E-state index contributed by atoms with van der Waals surface area (Å²) in [6, 6.07) is 13.8. The zero-order valence-electron chi connectivity index (χ0n) is 16.0. The van der Waals surface area contributed by atoms with E-state index in [2.05, 4.69) is 16.7 Å². The van der Waals surface area contributed by atoms with Crippen LogP contribution in [0.3, 0.4) is 0 Å². The molecule has 2 N–H and O–H groups in total. The summed E-state index contributed by atoms with van der Waals surface area (Å²) in [5.74, 6) is 2.30. The Kier molecular flexibility index (Phi) is 11.7. The van der Waals surface area contributed by atoms with Crippen LogP contribution in [0.1, 0.15) is 24.0 Å². The third-order valence-electron chi connectivity index (χ3n) is 4.76. The van der Waals surface area contributed by atoms with Crippen LogP contribution in [0, 0.1) is 5.92 Å². The number of rotatable bonds is 8.